The molecule has 0 aromatic heterocycles. The summed E-state index contributed by atoms with van der Waals surface area (Å²) in [7, 11) is 1.81. The lowest BCUT2D eigenvalue weighted by atomic mass is 10.00. The van der Waals surface area contributed by atoms with Gasteiger partial charge in [-0.3, -0.25) is 9.98 Å². The number of nitrogens with zero attached hydrogens (tertiary/aromatic N) is 2. The highest BCUT2D eigenvalue weighted by molar-refractivity contribution is 6.01. The van der Waals surface area contributed by atoms with Gasteiger partial charge in [-0.05, 0) is 32.1 Å². The Morgan fingerprint density at radius 3 is 2.00 bits per heavy atom. The highest BCUT2D eigenvalue weighted by Crippen LogP contribution is 2.12. The minimum absolute atomic E-state index is 0.451. The molecule has 0 bridgehead atoms. The monoisotopic (exact) mass is 166 g/mol. The van der Waals surface area contributed by atoms with Crippen LogP contribution < -0.4 is 0 Å². The maximum Gasteiger partial charge on any atom is 0.0417 e. The van der Waals surface area contributed by atoms with E-state index in [2.05, 4.69) is 30.5 Å². The van der Waals surface area contributed by atoms with E-state index in [0.29, 0.717) is 5.92 Å². The predicted octanol–water partition coefficient (Wildman–Crippen LogP) is 2.71. The van der Waals surface area contributed by atoms with Crippen molar-refractivity contribution in [1.29, 1.82) is 0 Å². The molecule has 0 spiro atoms. The average Bonchev–Trinajstić information content (AvgIpc) is 2.03. The third kappa shape index (κ3) is 2.61. The minimum Gasteiger partial charge on any atom is -0.292 e. The van der Waals surface area contributed by atoms with Crippen LogP contribution in [-0.4, -0.2) is 19.5 Å². The molecule has 0 amide bonds. The van der Waals surface area contributed by atoms with Gasteiger partial charge in [0, 0.05) is 18.5 Å². The van der Waals surface area contributed by atoms with Crippen molar-refractivity contribution in [3.63, 3.8) is 0 Å². The normalized spacial score (nSPS) is 14.7. The van der Waals surface area contributed by atoms with Gasteiger partial charge >= 0.3 is 0 Å². The first-order chi connectivity index (χ1) is 5.54. The molecular formula is C10H18N2. The fraction of sp³-hybridized carbons (Fsp3) is 0.600. The lowest BCUT2D eigenvalue weighted by Gasteiger charge is -2.10. The maximum atomic E-state index is 4.23. The zero-order valence-corrected chi connectivity index (χ0v) is 8.68. The molecule has 12 heavy (non-hydrogen) atoms. The van der Waals surface area contributed by atoms with Gasteiger partial charge in [-0.1, -0.05) is 13.8 Å². The molecular weight excluding hydrogens is 148 g/mol. The van der Waals surface area contributed by atoms with E-state index < -0.39 is 0 Å². The van der Waals surface area contributed by atoms with Gasteiger partial charge in [0.05, 0.1) is 0 Å². The van der Waals surface area contributed by atoms with Crippen LogP contribution in [0.3, 0.4) is 0 Å². The highest BCUT2D eigenvalue weighted by Gasteiger charge is 2.08. The van der Waals surface area contributed by atoms with Crippen LogP contribution in [-0.2, 0) is 0 Å². The second-order valence-electron chi connectivity index (χ2n) is 3.13. The van der Waals surface area contributed by atoms with Gasteiger partial charge in [-0.2, -0.15) is 0 Å². The van der Waals surface area contributed by atoms with Crippen molar-refractivity contribution in [2.45, 2.75) is 27.7 Å². The summed E-state index contributed by atoms with van der Waals surface area (Å²) in [6, 6.07) is 0. The van der Waals surface area contributed by atoms with Gasteiger partial charge in [0.15, 0.2) is 0 Å². The predicted molar refractivity (Wildman–Crippen MR) is 56.1 cm³/mol. The van der Waals surface area contributed by atoms with Crippen molar-refractivity contribution in [2.24, 2.45) is 15.9 Å². The van der Waals surface area contributed by atoms with E-state index in [-0.39, 0.29) is 0 Å². The molecule has 0 aromatic carbocycles. The van der Waals surface area contributed by atoms with Gasteiger partial charge in [0.2, 0.25) is 0 Å². The molecule has 2 heteroatoms. The third-order valence-electron chi connectivity index (χ3n) is 1.95. The number of rotatable bonds is 3. The Balaban J connectivity index is 4.89. The Hall–Kier alpha value is -0.920. The van der Waals surface area contributed by atoms with Gasteiger partial charge in [0.1, 0.15) is 0 Å². The van der Waals surface area contributed by atoms with Gasteiger partial charge in [-0.15, -0.1) is 0 Å². The third-order valence-corrected chi connectivity index (χ3v) is 1.95. The standard InChI is InChI=1S/C10H18N2/c1-7(2)10(12-6)8(3)9(4)11-5/h7H,5H2,1-4,6H3/b9-8-,12-10?. The van der Waals surface area contributed by atoms with E-state index in [9.17, 15) is 0 Å². The number of hydrogen-bond donors (Lipinski definition) is 0. The summed E-state index contributed by atoms with van der Waals surface area (Å²) >= 11 is 0. The first kappa shape index (κ1) is 11.1. The summed E-state index contributed by atoms with van der Waals surface area (Å²) in [5.41, 5.74) is 3.21. The molecule has 0 aliphatic heterocycles. The lowest BCUT2D eigenvalue weighted by Crippen LogP contribution is -2.10. The summed E-state index contributed by atoms with van der Waals surface area (Å²) in [5.74, 6) is 0.451. The molecule has 2 nitrogen and oxygen atoms in total. The highest BCUT2D eigenvalue weighted by atomic mass is 14.7. The van der Waals surface area contributed by atoms with E-state index in [1.807, 2.05) is 20.9 Å². The van der Waals surface area contributed by atoms with E-state index in [4.69, 9.17) is 0 Å². The Morgan fingerprint density at radius 2 is 1.75 bits per heavy atom. The van der Waals surface area contributed by atoms with Gasteiger partial charge < -0.3 is 0 Å². The molecule has 68 valence electrons. The first-order valence-electron chi connectivity index (χ1n) is 4.15. The number of allylic oxidation sites excluding steroid dienone is 2. The zero-order chi connectivity index (χ0) is 9.72. The molecule has 0 rings (SSSR count). The Kier molecular flexibility index (Phi) is 4.49. The van der Waals surface area contributed by atoms with Crippen LogP contribution in [0.2, 0.25) is 0 Å². The Morgan fingerprint density at radius 1 is 1.25 bits per heavy atom. The molecule has 0 heterocycles. The number of hydrogen-bond acceptors (Lipinski definition) is 2. The van der Waals surface area contributed by atoms with Crippen LogP contribution in [0.15, 0.2) is 21.3 Å². The maximum absolute atomic E-state index is 4.23. The van der Waals surface area contributed by atoms with Crippen molar-refractivity contribution in [3.8, 4) is 0 Å². The molecule has 0 N–H and O–H groups in total. The topological polar surface area (TPSA) is 24.7 Å². The quantitative estimate of drug-likeness (QED) is 0.576. The smallest absolute Gasteiger partial charge is 0.0417 e. The molecule has 0 aliphatic rings. The van der Waals surface area contributed by atoms with Crippen LogP contribution in [0.25, 0.3) is 0 Å². The lowest BCUT2D eigenvalue weighted by molar-refractivity contribution is 0.876. The Labute approximate surface area is 75.1 Å². The molecule has 0 saturated heterocycles. The van der Waals surface area contributed by atoms with Crippen LogP contribution >= 0.6 is 0 Å². The second kappa shape index (κ2) is 4.86. The number of aliphatic imine (C=N–C) groups is 2. The second-order valence-corrected chi connectivity index (χ2v) is 3.13. The average molecular weight is 166 g/mol. The fourth-order valence-corrected chi connectivity index (χ4v) is 1.16. The molecule has 0 fully saturated rings. The molecule has 0 atom stereocenters. The molecule has 0 radical (unpaired) electrons. The van der Waals surface area contributed by atoms with E-state index >= 15 is 0 Å². The summed E-state index contributed by atoms with van der Waals surface area (Å²) < 4.78 is 0. The minimum atomic E-state index is 0.451. The summed E-state index contributed by atoms with van der Waals surface area (Å²) in [5, 5.41) is 0. The summed E-state index contributed by atoms with van der Waals surface area (Å²) in [6.07, 6.45) is 0. The van der Waals surface area contributed by atoms with Gasteiger partial charge in [0.25, 0.3) is 0 Å². The Bertz CT molecular complexity index is 222. The molecule has 0 unspecified atom stereocenters. The zero-order valence-electron chi connectivity index (χ0n) is 8.68. The van der Waals surface area contributed by atoms with E-state index in [1.165, 1.54) is 0 Å². The first-order valence-corrected chi connectivity index (χ1v) is 4.15. The SMILES string of the molecule is C=N/C(C)=C(/C)C(=NC)C(C)C. The molecule has 0 aliphatic carbocycles. The van der Waals surface area contributed by atoms with Crippen LogP contribution in [0.4, 0.5) is 0 Å². The fourth-order valence-electron chi connectivity index (χ4n) is 1.16. The van der Waals surface area contributed by atoms with E-state index in [0.717, 1.165) is 17.0 Å². The largest absolute Gasteiger partial charge is 0.292 e. The summed E-state index contributed by atoms with van der Waals surface area (Å²) in [4.78, 5) is 8.12. The van der Waals surface area contributed by atoms with E-state index in [1.54, 1.807) is 0 Å². The van der Waals surface area contributed by atoms with Crippen molar-refractivity contribution >= 4 is 12.4 Å². The van der Waals surface area contributed by atoms with Crippen molar-refractivity contribution in [1.82, 2.24) is 0 Å². The van der Waals surface area contributed by atoms with Crippen LogP contribution in [0, 0.1) is 5.92 Å². The molecule has 0 saturated carbocycles. The van der Waals surface area contributed by atoms with Crippen molar-refractivity contribution < 1.29 is 0 Å². The van der Waals surface area contributed by atoms with Crippen molar-refractivity contribution in [3.05, 3.63) is 11.3 Å². The van der Waals surface area contributed by atoms with Crippen molar-refractivity contribution in [2.75, 3.05) is 7.05 Å². The van der Waals surface area contributed by atoms with Crippen LogP contribution in [0.5, 0.6) is 0 Å². The summed E-state index contributed by atoms with van der Waals surface area (Å²) in [6.45, 7) is 11.7. The van der Waals surface area contributed by atoms with Crippen LogP contribution in [0.1, 0.15) is 27.7 Å². The molecule has 0 aromatic rings. The van der Waals surface area contributed by atoms with Gasteiger partial charge in [-0.25, -0.2) is 0 Å².